The number of benzene rings is 1. The van der Waals surface area contributed by atoms with Crippen LogP contribution in [0.25, 0.3) is 0 Å². The number of carbonyl (C=O) groups is 1. The van der Waals surface area contributed by atoms with Crippen molar-refractivity contribution in [3.05, 3.63) is 53.7 Å². The molecule has 0 aliphatic carbocycles. The molecule has 5 nitrogen and oxygen atoms in total. The van der Waals surface area contributed by atoms with E-state index in [2.05, 4.69) is 19.9 Å². The Kier molecular flexibility index (Phi) is 5.29. The molecular weight excluding hydrogens is 347 g/mol. The average molecular weight is 365 g/mol. The van der Waals surface area contributed by atoms with E-state index < -0.39 is 12.3 Å². The number of carbonyl (C=O) groups excluding carboxylic acids is 1. The van der Waals surface area contributed by atoms with Gasteiger partial charge in [-0.15, -0.1) is 13.2 Å². The number of hydrogen-bond donors (Lipinski definition) is 1. The van der Waals surface area contributed by atoms with Crippen molar-refractivity contribution in [2.24, 2.45) is 0 Å². The van der Waals surface area contributed by atoms with Crippen LogP contribution in [0.3, 0.4) is 0 Å². The van der Waals surface area contributed by atoms with Crippen LogP contribution in [0.4, 0.5) is 19.0 Å². The molecule has 1 saturated heterocycles. The Labute approximate surface area is 148 Å². The molecule has 1 aliphatic heterocycles. The van der Waals surface area contributed by atoms with Gasteiger partial charge in [-0.2, -0.15) is 0 Å². The van der Waals surface area contributed by atoms with Gasteiger partial charge in [0.25, 0.3) is 5.91 Å². The number of amides is 1. The van der Waals surface area contributed by atoms with Gasteiger partial charge in [0.1, 0.15) is 11.6 Å². The van der Waals surface area contributed by atoms with Crippen LogP contribution in [-0.4, -0.2) is 30.3 Å². The van der Waals surface area contributed by atoms with Gasteiger partial charge in [0.2, 0.25) is 0 Å². The third-order valence-electron chi connectivity index (χ3n) is 4.08. The highest BCUT2D eigenvalue weighted by molar-refractivity contribution is 5.94. The highest BCUT2D eigenvalue weighted by Crippen LogP contribution is 2.26. The Morgan fingerprint density at radius 2 is 1.88 bits per heavy atom. The van der Waals surface area contributed by atoms with Crippen LogP contribution in [0.2, 0.25) is 0 Å². The highest BCUT2D eigenvalue weighted by atomic mass is 19.4. The number of nitrogens with one attached hydrogen (secondary N) is 1. The second-order valence-corrected chi connectivity index (χ2v) is 5.94. The lowest BCUT2D eigenvalue weighted by Crippen LogP contribution is -2.25. The number of halogens is 3. The van der Waals surface area contributed by atoms with Crippen molar-refractivity contribution in [2.75, 3.05) is 18.0 Å². The molecule has 2 heterocycles. The van der Waals surface area contributed by atoms with Crippen molar-refractivity contribution in [1.82, 2.24) is 10.3 Å². The Morgan fingerprint density at radius 1 is 1.15 bits per heavy atom. The number of anilines is 1. The summed E-state index contributed by atoms with van der Waals surface area (Å²) in [6.45, 7) is 1.82. The summed E-state index contributed by atoms with van der Waals surface area (Å²) in [6.07, 6.45) is -1.05. The van der Waals surface area contributed by atoms with Gasteiger partial charge in [0, 0.05) is 31.4 Å². The highest BCUT2D eigenvalue weighted by Gasteiger charge is 2.32. The smallest absolute Gasteiger partial charge is 0.405 e. The molecule has 1 aliphatic rings. The van der Waals surface area contributed by atoms with Gasteiger partial charge in [-0.3, -0.25) is 4.79 Å². The number of para-hydroxylation sites is 1. The lowest BCUT2D eigenvalue weighted by Gasteiger charge is -2.16. The number of ether oxygens (including phenoxy) is 1. The number of aromatic nitrogens is 1. The fourth-order valence-corrected chi connectivity index (χ4v) is 2.81. The van der Waals surface area contributed by atoms with E-state index in [9.17, 15) is 18.0 Å². The predicted octanol–water partition coefficient (Wildman–Crippen LogP) is 3.51. The van der Waals surface area contributed by atoms with E-state index in [-0.39, 0.29) is 17.9 Å². The largest absolute Gasteiger partial charge is 0.573 e. The van der Waals surface area contributed by atoms with Crippen LogP contribution in [0.1, 0.15) is 28.8 Å². The molecule has 1 aromatic carbocycles. The van der Waals surface area contributed by atoms with Crippen LogP contribution in [0.15, 0.2) is 42.6 Å². The fraction of sp³-hybridized carbons (Fsp3) is 0.333. The van der Waals surface area contributed by atoms with E-state index in [1.165, 1.54) is 24.4 Å². The molecule has 2 aromatic rings. The lowest BCUT2D eigenvalue weighted by molar-refractivity contribution is -0.274. The Hall–Kier alpha value is -2.77. The lowest BCUT2D eigenvalue weighted by atomic mass is 10.2. The molecule has 0 atom stereocenters. The van der Waals surface area contributed by atoms with Gasteiger partial charge in [0.15, 0.2) is 0 Å². The van der Waals surface area contributed by atoms with Crippen LogP contribution < -0.4 is 15.0 Å². The van der Waals surface area contributed by atoms with Crippen LogP contribution in [0, 0.1) is 0 Å². The van der Waals surface area contributed by atoms with Gasteiger partial charge in [-0.1, -0.05) is 18.2 Å². The number of alkyl halides is 3. The maximum atomic E-state index is 12.4. The molecule has 1 amide bonds. The van der Waals surface area contributed by atoms with E-state index in [0.29, 0.717) is 5.56 Å². The second kappa shape index (κ2) is 7.63. The molecule has 0 unspecified atom stereocenters. The van der Waals surface area contributed by atoms with Gasteiger partial charge in [-0.05, 0) is 31.0 Å². The zero-order chi connectivity index (χ0) is 18.6. The van der Waals surface area contributed by atoms with E-state index in [1.54, 1.807) is 18.2 Å². The second-order valence-electron chi connectivity index (χ2n) is 5.94. The molecule has 0 bridgehead atoms. The van der Waals surface area contributed by atoms with Crippen LogP contribution >= 0.6 is 0 Å². The van der Waals surface area contributed by atoms with Crippen LogP contribution in [-0.2, 0) is 6.54 Å². The molecule has 3 rings (SSSR count). The third-order valence-corrected chi connectivity index (χ3v) is 4.08. The standard InChI is InChI=1S/C18H18F3N3O2/c19-18(20,21)26-15-6-2-1-5-13(15)11-23-17(25)14-7-8-16(22-12-14)24-9-3-4-10-24/h1-2,5-8,12H,3-4,9-11H2,(H,23,25). The summed E-state index contributed by atoms with van der Waals surface area (Å²) in [7, 11) is 0. The topological polar surface area (TPSA) is 54.5 Å². The summed E-state index contributed by atoms with van der Waals surface area (Å²) >= 11 is 0. The average Bonchev–Trinajstić information content (AvgIpc) is 3.14. The number of hydrogen-bond acceptors (Lipinski definition) is 4. The summed E-state index contributed by atoms with van der Waals surface area (Å²) in [4.78, 5) is 18.7. The third kappa shape index (κ3) is 4.65. The summed E-state index contributed by atoms with van der Waals surface area (Å²) in [5.41, 5.74) is 0.585. The first-order chi connectivity index (χ1) is 12.4. The van der Waals surface area contributed by atoms with E-state index in [1.807, 2.05) is 0 Å². The maximum absolute atomic E-state index is 12.4. The van der Waals surface area contributed by atoms with E-state index in [4.69, 9.17) is 0 Å². The quantitative estimate of drug-likeness (QED) is 0.881. The van der Waals surface area contributed by atoms with Crippen LogP contribution in [0.5, 0.6) is 5.75 Å². The van der Waals surface area contributed by atoms with Crippen molar-refractivity contribution in [1.29, 1.82) is 0 Å². The monoisotopic (exact) mass is 365 g/mol. The molecule has 1 aromatic heterocycles. The minimum atomic E-state index is -4.78. The molecule has 138 valence electrons. The summed E-state index contributed by atoms with van der Waals surface area (Å²) in [5, 5.41) is 2.59. The molecule has 8 heteroatoms. The summed E-state index contributed by atoms with van der Waals surface area (Å²) in [5.74, 6) is 0.0815. The normalized spacial score (nSPS) is 14.3. The SMILES string of the molecule is O=C(NCc1ccccc1OC(F)(F)F)c1ccc(N2CCCC2)nc1. The Morgan fingerprint density at radius 3 is 2.54 bits per heavy atom. The van der Waals surface area contributed by atoms with Crippen molar-refractivity contribution in [3.63, 3.8) is 0 Å². The molecule has 1 N–H and O–H groups in total. The predicted molar refractivity (Wildman–Crippen MR) is 90.0 cm³/mol. The number of nitrogens with zero attached hydrogens (tertiary/aromatic N) is 2. The number of pyridine rings is 1. The molecule has 26 heavy (non-hydrogen) atoms. The first kappa shape index (κ1) is 18.0. The zero-order valence-corrected chi connectivity index (χ0v) is 13.9. The van der Waals surface area contributed by atoms with Gasteiger partial charge in [0.05, 0.1) is 5.56 Å². The Bertz CT molecular complexity index is 757. The van der Waals surface area contributed by atoms with Crippen molar-refractivity contribution >= 4 is 11.7 Å². The minimum Gasteiger partial charge on any atom is -0.405 e. The van der Waals surface area contributed by atoms with Gasteiger partial charge in [-0.25, -0.2) is 4.98 Å². The summed E-state index contributed by atoms with van der Waals surface area (Å²) in [6, 6.07) is 9.14. The molecule has 1 fully saturated rings. The zero-order valence-electron chi connectivity index (χ0n) is 13.9. The van der Waals surface area contributed by atoms with Gasteiger partial charge >= 0.3 is 6.36 Å². The van der Waals surface area contributed by atoms with Crippen molar-refractivity contribution < 1.29 is 22.7 Å². The van der Waals surface area contributed by atoms with E-state index in [0.717, 1.165) is 31.7 Å². The fourth-order valence-electron chi connectivity index (χ4n) is 2.81. The molecule has 0 saturated carbocycles. The number of rotatable bonds is 5. The first-order valence-electron chi connectivity index (χ1n) is 8.25. The Balaban J connectivity index is 1.62. The molecular formula is C18H18F3N3O2. The van der Waals surface area contributed by atoms with Gasteiger partial charge < -0.3 is 15.0 Å². The molecule has 0 spiro atoms. The van der Waals surface area contributed by atoms with Crippen molar-refractivity contribution in [2.45, 2.75) is 25.7 Å². The van der Waals surface area contributed by atoms with E-state index >= 15 is 0 Å². The first-order valence-corrected chi connectivity index (χ1v) is 8.25. The maximum Gasteiger partial charge on any atom is 0.573 e. The molecule has 0 radical (unpaired) electrons. The minimum absolute atomic E-state index is 0.0844. The summed E-state index contributed by atoms with van der Waals surface area (Å²) < 4.78 is 41.3. The van der Waals surface area contributed by atoms with Crippen molar-refractivity contribution in [3.8, 4) is 5.75 Å².